The molecule has 3 heteroatoms. The van der Waals surface area contributed by atoms with Crippen LogP contribution in [0.3, 0.4) is 0 Å². The molecule has 1 fully saturated rings. The van der Waals surface area contributed by atoms with Gasteiger partial charge in [0.15, 0.2) is 0 Å². The summed E-state index contributed by atoms with van der Waals surface area (Å²) >= 11 is 5.53. The Morgan fingerprint density at radius 2 is 2.08 bits per heavy atom. The van der Waals surface area contributed by atoms with Gasteiger partial charge in [0.05, 0.1) is 0 Å². The van der Waals surface area contributed by atoms with Crippen molar-refractivity contribution in [2.24, 2.45) is 5.41 Å². The molecule has 0 aliphatic heterocycles. The van der Waals surface area contributed by atoms with Crippen molar-refractivity contribution in [3.63, 3.8) is 0 Å². The van der Waals surface area contributed by atoms with Crippen LogP contribution in [0.15, 0.2) is 0 Å². The molecular formula is C10H18ClNO. The van der Waals surface area contributed by atoms with Crippen molar-refractivity contribution in [1.82, 2.24) is 5.32 Å². The van der Waals surface area contributed by atoms with Gasteiger partial charge in [-0.15, -0.1) is 11.6 Å². The minimum Gasteiger partial charge on any atom is -0.356 e. The van der Waals surface area contributed by atoms with E-state index in [1.54, 1.807) is 0 Å². The normalized spacial score (nSPS) is 20.2. The summed E-state index contributed by atoms with van der Waals surface area (Å²) in [6.45, 7) is 2.79. The Kier molecular flexibility index (Phi) is 4.04. The molecule has 0 aromatic carbocycles. The zero-order valence-electron chi connectivity index (χ0n) is 8.24. The maximum absolute atomic E-state index is 11.7. The van der Waals surface area contributed by atoms with E-state index in [1.807, 2.05) is 0 Å². The molecule has 0 radical (unpaired) electrons. The second kappa shape index (κ2) is 4.85. The van der Waals surface area contributed by atoms with Gasteiger partial charge in [0, 0.05) is 17.8 Å². The zero-order valence-corrected chi connectivity index (χ0v) is 8.99. The quantitative estimate of drug-likeness (QED) is 0.552. The lowest BCUT2D eigenvalue weighted by atomic mass is 9.88. The van der Waals surface area contributed by atoms with Gasteiger partial charge in [0.1, 0.15) is 0 Å². The van der Waals surface area contributed by atoms with Crippen LogP contribution in [0.5, 0.6) is 0 Å². The Morgan fingerprint density at radius 3 is 2.62 bits per heavy atom. The number of carbonyl (C=O) groups excluding carboxylic acids is 1. The summed E-state index contributed by atoms with van der Waals surface area (Å²) in [7, 11) is 0. The topological polar surface area (TPSA) is 29.1 Å². The van der Waals surface area contributed by atoms with E-state index in [9.17, 15) is 4.79 Å². The number of hydrogen-bond donors (Lipinski definition) is 1. The number of rotatable bonds is 4. The summed E-state index contributed by atoms with van der Waals surface area (Å²) in [5.74, 6) is 0.840. The highest BCUT2D eigenvalue weighted by Crippen LogP contribution is 2.37. The number of alkyl halides is 1. The van der Waals surface area contributed by atoms with Gasteiger partial charge in [0.25, 0.3) is 0 Å². The smallest absolute Gasteiger partial charge is 0.225 e. The summed E-state index contributed by atoms with van der Waals surface area (Å²) in [5, 5.41) is 2.94. The molecule has 0 aromatic heterocycles. The Bertz CT molecular complexity index is 176. The van der Waals surface area contributed by atoms with Gasteiger partial charge in [-0.3, -0.25) is 4.79 Å². The van der Waals surface area contributed by atoms with Crippen molar-refractivity contribution >= 4 is 17.5 Å². The third-order valence-corrected chi connectivity index (χ3v) is 3.12. The largest absolute Gasteiger partial charge is 0.356 e. The van der Waals surface area contributed by atoms with Crippen molar-refractivity contribution in [2.75, 3.05) is 12.4 Å². The molecule has 2 nitrogen and oxygen atoms in total. The van der Waals surface area contributed by atoms with Crippen molar-refractivity contribution in [3.05, 3.63) is 0 Å². The van der Waals surface area contributed by atoms with Gasteiger partial charge in [0.2, 0.25) is 5.91 Å². The average Bonchev–Trinajstić information content (AvgIpc) is 2.54. The predicted molar refractivity (Wildman–Crippen MR) is 54.9 cm³/mol. The van der Waals surface area contributed by atoms with Crippen LogP contribution in [-0.2, 0) is 4.79 Å². The zero-order chi connectivity index (χ0) is 9.73. The molecule has 1 aliphatic carbocycles. The predicted octanol–water partition coefficient (Wildman–Crippen LogP) is 2.31. The second-order valence-corrected chi connectivity index (χ2v) is 4.44. The van der Waals surface area contributed by atoms with Crippen LogP contribution < -0.4 is 5.32 Å². The van der Waals surface area contributed by atoms with E-state index in [0.29, 0.717) is 5.88 Å². The summed E-state index contributed by atoms with van der Waals surface area (Å²) in [4.78, 5) is 11.7. The molecule has 0 atom stereocenters. The van der Waals surface area contributed by atoms with Gasteiger partial charge >= 0.3 is 0 Å². The SMILES string of the molecule is CC1(C(=O)NCCCCl)CCCC1. The fourth-order valence-electron chi connectivity index (χ4n) is 1.86. The van der Waals surface area contributed by atoms with E-state index in [-0.39, 0.29) is 11.3 Å². The van der Waals surface area contributed by atoms with Crippen LogP contribution in [0.2, 0.25) is 0 Å². The third kappa shape index (κ3) is 2.87. The molecule has 0 aromatic rings. The Balaban J connectivity index is 2.29. The minimum absolute atomic E-state index is 0.0910. The molecule has 0 heterocycles. The highest BCUT2D eigenvalue weighted by Gasteiger charge is 2.35. The van der Waals surface area contributed by atoms with Crippen LogP contribution in [0, 0.1) is 5.41 Å². The van der Waals surface area contributed by atoms with E-state index in [0.717, 1.165) is 25.8 Å². The fourth-order valence-corrected chi connectivity index (χ4v) is 2.00. The first-order chi connectivity index (χ1) is 6.19. The highest BCUT2D eigenvalue weighted by atomic mass is 35.5. The van der Waals surface area contributed by atoms with Crippen molar-refractivity contribution in [2.45, 2.75) is 39.0 Å². The number of halogens is 1. The average molecular weight is 204 g/mol. The first-order valence-electron chi connectivity index (χ1n) is 5.03. The van der Waals surface area contributed by atoms with Crippen molar-refractivity contribution in [1.29, 1.82) is 0 Å². The molecule has 1 saturated carbocycles. The van der Waals surface area contributed by atoms with Crippen molar-refractivity contribution in [3.8, 4) is 0 Å². The molecule has 1 aliphatic rings. The van der Waals surface area contributed by atoms with Crippen LogP contribution >= 0.6 is 11.6 Å². The summed E-state index contributed by atoms with van der Waals surface area (Å²) < 4.78 is 0. The maximum Gasteiger partial charge on any atom is 0.225 e. The Morgan fingerprint density at radius 1 is 1.46 bits per heavy atom. The van der Waals surface area contributed by atoms with E-state index in [1.165, 1.54) is 12.8 Å². The molecule has 13 heavy (non-hydrogen) atoms. The van der Waals surface area contributed by atoms with Gasteiger partial charge in [-0.1, -0.05) is 19.8 Å². The first-order valence-corrected chi connectivity index (χ1v) is 5.57. The van der Waals surface area contributed by atoms with Crippen LogP contribution in [0.4, 0.5) is 0 Å². The molecule has 76 valence electrons. The molecule has 1 amide bonds. The first kappa shape index (κ1) is 10.8. The van der Waals surface area contributed by atoms with E-state index in [4.69, 9.17) is 11.6 Å². The summed E-state index contributed by atoms with van der Waals surface area (Å²) in [5.41, 5.74) is -0.0910. The molecule has 1 rings (SSSR count). The minimum atomic E-state index is -0.0910. The second-order valence-electron chi connectivity index (χ2n) is 4.07. The molecular weight excluding hydrogens is 186 g/mol. The molecule has 0 spiro atoms. The van der Waals surface area contributed by atoms with Crippen LogP contribution in [-0.4, -0.2) is 18.3 Å². The third-order valence-electron chi connectivity index (χ3n) is 2.85. The maximum atomic E-state index is 11.7. The molecule has 0 bridgehead atoms. The van der Waals surface area contributed by atoms with Crippen molar-refractivity contribution < 1.29 is 4.79 Å². The van der Waals surface area contributed by atoms with Gasteiger partial charge < -0.3 is 5.32 Å². The lowest BCUT2D eigenvalue weighted by Crippen LogP contribution is -2.37. The lowest BCUT2D eigenvalue weighted by molar-refractivity contribution is -0.129. The molecule has 1 N–H and O–H groups in total. The van der Waals surface area contributed by atoms with E-state index >= 15 is 0 Å². The monoisotopic (exact) mass is 203 g/mol. The standard InChI is InChI=1S/C10H18ClNO/c1-10(5-2-3-6-10)9(13)12-8-4-7-11/h2-8H2,1H3,(H,12,13). The summed E-state index contributed by atoms with van der Waals surface area (Å²) in [6.07, 6.45) is 5.33. The highest BCUT2D eigenvalue weighted by molar-refractivity contribution is 6.17. The Hall–Kier alpha value is -0.240. The van der Waals surface area contributed by atoms with Crippen LogP contribution in [0.1, 0.15) is 39.0 Å². The van der Waals surface area contributed by atoms with Gasteiger partial charge in [-0.05, 0) is 19.3 Å². The lowest BCUT2D eigenvalue weighted by Gasteiger charge is -2.21. The Labute approximate surface area is 85.0 Å². The van der Waals surface area contributed by atoms with Gasteiger partial charge in [-0.25, -0.2) is 0 Å². The van der Waals surface area contributed by atoms with E-state index in [2.05, 4.69) is 12.2 Å². The molecule has 0 saturated heterocycles. The van der Waals surface area contributed by atoms with Crippen LogP contribution in [0.25, 0.3) is 0 Å². The summed E-state index contributed by atoms with van der Waals surface area (Å²) in [6, 6.07) is 0. The number of hydrogen-bond acceptors (Lipinski definition) is 1. The number of carbonyl (C=O) groups is 1. The number of amides is 1. The fraction of sp³-hybridized carbons (Fsp3) is 0.900. The molecule has 0 unspecified atom stereocenters. The van der Waals surface area contributed by atoms with E-state index < -0.39 is 0 Å². The van der Waals surface area contributed by atoms with Gasteiger partial charge in [-0.2, -0.15) is 0 Å². The number of nitrogens with one attached hydrogen (secondary N) is 1.